The SMILES string of the molecule is CCCCCCCC(CC)C1(C)CCCCC1CCC. The van der Waals surface area contributed by atoms with E-state index in [1.807, 2.05) is 0 Å². The molecule has 1 aliphatic rings. The lowest BCUT2D eigenvalue weighted by atomic mass is 9.58. The molecular formula is C20H40. The molecule has 0 N–H and O–H groups in total. The summed E-state index contributed by atoms with van der Waals surface area (Å²) in [6, 6.07) is 0. The number of hydrogen-bond acceptors (Lipinski definition) is 0. The minimum Gasteiger partial charge on any atom is -0.0654 e. The molecule has 1 aliphatic carbocycles. The van der Waals surface area contributed by atoms with Gasteiger partial charge in [-0.2, -0.15) is 0 Å². The topological polar surface area (TPSA) is 0 Å². The number of unbranched alkanes of at least 4 members (excludes halogenated alkanes) is 4. The van der Waals surface area contributed by atoms with Gasteiger partial charge < -0.3 is 0 Å². The highest BCUT2D eigenvalue weighted by Crippen LogP contribution is 2.51. The summed E-state index contributed by atoms with van der Waals surface area (Å²) in [5.74, 6) is 2.00. The Bertz CT molecular complexity index is 230. The standard InChI is InChI=1S/C20H40/c1-5-8-9-10-11-15-18(7-3)20(4)17-13-12-16-19(20)14-6-2/h18-19H,5-17H2,1-4H3. The molecule has 120 valence electrons. The molecule has 0 aromatic carbocycles. The third-order valence-electron chi connectivity index (χ3n) is 6.17. The van der Waals surface area contributed by atoms with E-state index >= 15 is 0 Å². The van der Waals surface area contributed by atoms with E-state index < -0.39 is 0 Å². The first-order valence-electron chi connectivity index (χ1n) is 9.69. The van der Waals surface area contributed by atoms with Crippen LogP contribution in [0.15, 0.2) is 0 Å². The lowest BCUT2D eigenvalue weighted by molar-refractivity contribution is 0.0288. The summed E-state index contributed by atoms with van der Waals surface area (Å²) in [6.45, 7) is 9.78. The number of hydrogen-bond donors (Lipinski definition) is 0. The van der Waals surface area contributed by atoms with Crippen molar-refractivity contribution in [1.29, 1.82) is 0 Å². The van der Waals surface area contributed by atoms with E-state index in [2.05, 4.69) is 27.7 Å². The van der Waals surface area contributed by atoms with E-state index in [0.29, 0.717) is 5.41 Å². The Labute approximate surface area is 129 Å². The van der Waals surface area contributed by atoms with E-state index in [-0.39, 0.29) is 0 Å². The molecule has 1 saturated carbocycles. The van der Waals surface area contributed by atoms with Gasteiger partial charge in [0.15, 0.2) is 0 Å². The zero-order valence-corrected chi connectivity index (χ0v) is 14.8. The second-order valence-electron chi connectivity index (χ2n) is 7.55. The minimum absolute atomic E-state index is 0.660. The third-order valence-corrected chi connectivity index (χ3v) is 6.17. The highest BCUT2D eigenvalue weighted by atomic mass is 14.5. The van der Waals surface area contributed by atoms with Gasteiger partial charge in [0.1, 0.15) is 0 Å². The largest absolute Gasteiger partial charge is 0.0654 e. The lowest BCUT2D eigenvalue weighted by Crippen LogP contribution is -2.38. The average molecular weight is 281 g/mol. The Balaban J connectivity index is 2.50. The van der Waals surface area contributed by atoms with E-state index in [9.17, 15) is 0 Å². The Morgan fingerprint density at radius 2 is 1.70 bits per heavy atom. The zero-order chi connectivity index (χ0) is 14.8. The quantitative estimate of drug-likeness (QED) is 0.366. The molecule has 0 saturated heterocycles. The summed E-state index contributed by atoms with van der Waals surface area (Å²) in [4.78, 5) is 0. The maximum atomic E-state index is 2.65. The first-order chi connectivity index (χ1) is 9.69. The van der Waals surface area contributed by atoms with Crippen molar-refractivity contribution in [3.05, 3.63) is 0 Å². The van der Waals surface area contributed by atoms with Gasteiger partial charge in [-0.25, -0.2) is 0 Å². The summed E-state index contributed by atoms with van der Waals surface area (Å²) in [5.41, 5.74) is 0.660. The molecule has 0 aromatic heterocycles. The molecule has 3 unspecified atom stereocenters. The molecule has 3 atom stereocenters. The maximum absolute atomic E-state index is 2.65. The van der Waals surface area contributed by atoms with Crippen molar-refractivity contribution in [3.63, 3.8) is 0 Å². The van der Waals surface area contributed by atoms with Crippen LogP contribution >= 0.6 is 0 Å². The summed E-state index contributed by atoms with van der Waals surface area (Å²) in [7, 11) is 0. The Hall–Kier alpha value is 0. The predicted molar refractivity (Wildman–Crippen MR) is 92.1 cm³/mol. The van der Waals surface area contributed by atoms with Crippen molar-refractivity contribution in [2.24, 2.45) is 17.3 Å². The van der Waals surface area contributed by atoms with Crippen molar-refractivity contribution in [2.75, 3.05) is 0 Å². The molecule has 0 amide bonds. The van der Waals surface area contributed by atoms with Crippen molar-refractivity contribution in [3.8, 4) is 0 Å². The molecule has 0 aromatic rings. The van der Waals surface area contributed by atoms with Crippen LogP contribution in [0.1, 0.15) is 111 Å². The van der Waals surface area contributed by atoms with Crippen LogP contribution in [0.5, 0.6) is 0 Å². The smallest absolute Gasteiger partial charge is 0.0269 e. The first kappa shape index (κ1) is 18.1. The Kier molecular flexibility index (Phi) is 8.89. The Morgan fingerprint density at radius 1 is 0.950 bits per heavy atom. The van der Waals surface area contributed by atoms with Gasteiger partial charge in [0, 0.05) is 0 Å². The van der Waals surface area contributed by atoms with Crippen LogP contribution in [0.25, 0.3) is 0 Å². The van der Waals surface area contributed by atoms with E-state index in [0.717, 1.165) is 11.8 Å². The fraction of sp³-hybridized carbons (Fsp3) is 1.00. The van der Waals surface area contributed by atoms with Gasteiger partial charge in [-0.05, 0) is 36.5 Å². The van der Waals surface area contributed by atoms with Crippen LogP contribution in [0.2, 0.25) is 0 Å². The highest BCUT2D eigenvalue weighted by molar-refractivity contribution is 4.91. The van der Waals surface area contributed by atoms with Crippen LogP contribution in [0, 0.1) is 17.3 Å². The van der Waals surface area contributed by atoms with Crippen LogP contribution in [-0.2, 0) is 0 Å². The van der Waals surface area contributed by atoms with Gasteiger partial charge in [-0.15, -0.1) is 0 Å². The molecule has 1 rings (SSSR count). The molecule has 0 radical (unpaired) electrons. The number of rotatable bonds is 10. The van der Waals surface area contributed by atoms with Crippen molar-refractivity contribution in [1.82, 2.24) is 0 Å². The van der Waals surface area contributed by atoms with E-state index in [1.165, 1.54) is 83.5 Å². The first-order valence-corrected chi connectivity index (χ1v) is 9.69. The maximum Gasteiger partial charge on any atom is -0.0269 e. The lowest BCUT2D eigenvalue weighted by Gasteiger charge is -2.47. The van der Waals surface area contributed by atoms with Crippen LogP contribution in [0.4, 0.5) is 0 Å². The Morgan fingerprint density at radius 3 is 2.35 bits per heavy atom. The molecular weight excluding hydrogens is 240 g/mol. The fourth-order valence-corrected chi connectivity index (χ4v) is 4.78. The van der Waals surface area contributed by atoms with Gasteiger partial charge in [-0.3, -0.25) is 0 Å². The second-order valence-corrected chi connectivity index (χ2v) is 7.55. The van der Waals surface area contributed by atoms with Gasteiger partial charge in [-0.1, -0.05) is 91.9 Å². The van der Waals surface area contributed by atoms with Crippen molar-refractivity contribution in [2.45, 2.75) is 111 Å². The zero-order valence-electron chi connectivity index (χ0n) is 14.8. The summed E-state index contributed by atoms with van der Waals surface area (Å²) < 4.78 is 0. The summed E-state index contributed by atoms with van der Waals surface area (Å²) >= 11 is 0. The van der Waals surface area contributed by atoms with Gasteiger partial charge in [0.2, 0.25) is 0 Å². The van der Waals surface area contributed by atoms with Gasteiger partial charge >= 0.3 is 0 Å². The van der Waals surface area contributed by atoms with Crippen LogP contribution in [-0.4, -0.2) is 0 Å². The van der Waals surface area contributed by atoms with Gasteiger partial charge in [0.05, 0.1) is 0 Å². The molecule has 0 spiro atoms. The van der Waals surface area contributed by atoms with Crippen molar-refractivity contribution < 1.29 is 0 Å². The molecule has 20 heavy (non-hydrogen) atoms. The van der Waals surface area contributed by atoms with E-state index in [1.54, 1.807) is 0 Å². The molecule has 0 aliphatic heterocycles. The highest BCUT2D eigenvalue weighted by Gasteiger charge is 2.40. The predicted octanol–water partition coefficient (Wildman–Crippen LogP) is 7.37. The summed E-state index contributed by atoms with van der Waals surface area (Å²) in [6.07, 6.45) is 19.0. The average Bonchev–Trinajstić information content (AvgIpc) is 2.45. The third kappa shape index (κ3) is 5.08. The molecule has 0 heterocycles. The summed E-state index contributed by atoms with van der Waals surface area (Å²) in [5, 5.41) is 0. The molecule has 0 heteroatoms. The molecule has 1 fully saturated rings. The second kappa shape index (κ2) is 9.85. The van der Waals surface area contributed by atoms with E-state index in [4.69, 9.17) is 0 Å². The minimum atomic E-state index is 0.660. The van der Waals surface area contributed by atoms with Crippen LogP contribution < -0.4 is 0 Å². The fourth-order valence-electron chi connectivity index (χ4n) is 4.78. The normalized spacial score (nSPS) is 28.5. The monoisotopic (exact) mass is 280 g/mol. The van der Waals surface area contributed by atoms with Gasteiger partial charge in [0.25, 0.3) is 0 Å². The molecule has 0 nitrogen and oxygen atoms in total. The van der Waals surface area contributed by atoms with Crippen LogP contribution in [0.3, 0.4) is 0 Å². The molecule has 0 bridgehead atoms. The van der Waals surface area contributed by atoms with Crippen molar-refractivity contribution >= 4 is 0 Å².